The van der Waals surface area contributed by atoms with Gasteiger partial charge in [-0.25, -0.2) is 8.42 Å². The van der Waals surface area contributed by atoms with Crippen molar-refractivity contribution in [1.29, 1.82) is 0 Å². The van der Waals surface area contributed by atoms with Gasteiger partial charge in [-0.05, 0) is 6.42 Å². The minimum Gasteiger partial charge on any atom is -0.258 e. The van der Waals surface area contributed by atoms with Crippen LogP contribution in [0, 0.1) is 10.1 Å². The van der Waals surface area contributed by atoms with E-state index < -0.39 is 14.8 Å². The maximum atomic E-state index is 11.1. The number of halogens is 1. The van der Waals surface area contributed by atoms with Gasteiger partial charge in [0.1, 0.15) is 9.84 Å². The molecule has 0 aromatic heterocycles. The highest BCUT2D eigenvalue weighted by Gasteiger charge is 2.18. The number of nitrogens with zero attached hydrogens (tertiary/aromatic N) is 1. The molecular weight excluding hydrogens is 310 g/mol. The number of sulfone groups is 1. The number of benzene rings is 1. The van der Waals surface area contributed by atoms with Crippen LogP contribution in [0.5, 0.6) is 0 Å². The lowest BCUT2D eigenvalue weighted by molar-refractivity contribution is -0.385. The Balaban J connectivity index is 2.85. The molecule has 0 radical (unpaired) electrons. The molecular formula is C10H12BrNO4S. The molecule has 0 saturated heterocycles. The highest BCUT2D eigenvalue weighted by Crippen LogP contribution is 2.21. The zero-order chi connectivity index (χ0) is 13.1. The van der Waals surface area contributed by atoms with Gasteiger partial charge in [-0.15, -0.1) is 0 Å². The molecule has 1 unspecified atom stereocenters. The fourth-order valence-corrected chi connectivity index (χ4v) is 4.05. The summed E-state index contributed by atoms with van der Waals surface area (Å²) in [5.74, 6) is -0.0426. The van der Waals surface area contributed by atoms with E-state index >= 15 is 0 Å². The molecule has 0 aliphatic rings. The van der Waals surface area contributed by atoms with E-state index in [2.05, 4.69) is 15.9 Å². The van der Waals surface area contributed by atoms with Crippen LogP contribution in [0.25, 0.3) is 0 Å². The molecule has 17 heavy (non-hydrogen) atoms. The van der Waals surface area contributed by atoms with Crippen molar-refractivity contribution in [1.82, 2.24) is 0 Å². The van der Waals surface area contributed by atoms with Gasteiger partial charge in [-0.1, -0.05) is 34.1 Å². The number of para-hydroxylation sites is 1. The molecule has 1 aromatic rings. The molecule has 1 rings (SSSR count). The van der Waals surface area contributed by atoms with Crippen molar-refractivity contribution in [3.63, 3.8) is 0 Å². The fourth-order valence-electron chi connectivity index (χ4n) is 1.49. The number of hydrogen-bond acceptors (Lipinski definition) is 4. The van der Waals surface area contributed by atoms with Crippen LogP contribution in [0.4, 0.5) is 5.69 Å². The molecule has 0 saturated carbocycles. The van der Waals surface area contributed by atoms with E-state index in [1.54, 1.807) is 18.2 Å². The first-order chi connectivity index (χ1) is 7.79. The van der Waals surface area contributed by atoms with Crippen LogP contribution in [0.1, 0.15) is 5.56 Å². The summed E-state index contributed by atoms with van der Waals surface area (Å²) in [5, 5.41) is 10.8. The Hall–Kier alpha value is -0.950. The van der Waals surface area contributed by atoms with Gasteiger partial charge in [-0.2, -0.15) is 0 Å². The average Bonchev–Trinajstić information content (AvgIpc) is 2.14. The Labute approximate surface area is 108 Å². The zero-order valence-corrected chi connectivity index (χ0v) is 11.6. The van der Waals surface area contributed by atoms with Gasteiger partial charge in [0.05, 0.1) is 10.7 Å². The van der Waals surface area contributed by atoms with Crippen LogP contribution in [0.2, 0.25) is 0 Å². The lowest BCUT2D eigenvalue weighted by Crippen LogP contribution is -2.17. The van der Waals surface area contributed by atoms with E-state index in [9.17, 15) is 18.5 Å². The van der Waals surface area contributed by atoms with Crippen molar-refractivity contribution in [2.24, 2.45) is 0 Å². The smallest absolute Gasteiger partial charge is 0.258 e. The third-order valence-corrected chi connectivity index (χ3v) is 4.20. The summed E-state index contributed by atoms with van der Waals surface area (Å²) in [7, 11) is -3.09. The van der Waals surface area contributed by atoms with Gasteiger partial charge < -0.3 is 0 Å². The van der Waals surface area contributed by atoms with Crippen molar-refractivity contribution in [2.45, 2.75) is 11.2 Å². The molecule has 94 valence electrons. The summed E-state index contributed by atoms with van der Waals surface area (Å²) in [6.07, 6.45) is 1.45. The average molecular weight is 322 g/mol. The first-order valence-corrected chi connectivity index (χ1v) is 7.81. The molecule has 0 bridgehead atoms. The van der Waals surface area contributed by atoms with Crippen molar-refractivity contribution in [3.8, 4) is 0 Å². The highest BCUT2D eigenvalue weighted by atomic mass is 79.9. The van der Waals surface area contributed by atoms with Crippen molar-refractivity contribution in [3.05, 3.63) is 39.9 Å². The predicted octanol–water partition coefficient (Wildman–Crippen LogP) is 1.95. The summed E-state index contributed by atoms with van der Waals surface area (Å²) in [6.45, 7) is 0. The van der Waals surface area contributed by atoms with Crippen molar-refractivity contribution >= 4 is 31.5 Å². The van der Waals surface area contributed by atoms with Crippen LogP contribution in [0.3, 0.4) is 0 Å². The Morgan fingerprint density at radius 2 is 2.00 bits per heavy atom. The second kappa shape index (κ2) is 5.59. The van der Waals surface area contributed by atoms with E-state index in [0.717, 1.165) is 6.26 Å². The Kier molecular flexibility index (Phi) is 4.64. The molecule has 0 fully saturated rings. The number of hydrogen-bond donors (Lipinski definition) is 0. The van der Waals surface area contributed by atoms with Gasteiger partial charge in [-0.3, -0.25) is 10.1 Å². The number of rotatable bonds is 5. The second-order valence-corrected chi connectivity index (χ2v) is 7.26. The molecule has 5 nitrogen and oxygen atoms in total. The summed E-state index contributed by atoms with van der Waals surface area (Å²) in [6, 6.07) is 6.33. The number of nitro benzene ring substituents is 1. The lowest BCUT2D eigenvalue weighted by atomic mass is 10.1. The zero-order valence-electron chi connectivity index (χ0n) is 9.17. The first-order valence-electron chi connectivity index (χ1n) is 4.83. The monoisotopic (exact) mass is 321 g/mol. The summed E-state index contributed by atoms with van der Waals surface area (Å²) in [4.78, 5) is 9.98. The highest BCUT2D eigenvalue weighted by molar-refractivity contribution is 9.09. The Morgan fingerprint density at radius 3 is 2.53 bits per heavy atom. The molecule has 0 N–H and O–H groups in total. The molecule has 0 heterocycles. The fraction of sp³-hybridized carbons (Fsp3) is 0.400. The summed E-state index contributed by atoms with van der Waals surface area (Å²) in [5.41, 5.74) is 0.550. The minimum absolute atomic E-state index is 0.0189. The van der Waals surface area contributed by atoms with Crippen LogP contribution in [-0.4, -0.2) is 30.2 Å². The van der Waals surface area contributed by atoms with Gasteiger partial charge in [0.15, 0.2) is 0 Å². The van der Waals surface area contributed by atoms with Gasteiger partial charge in [0, 0.05) is 22.7 Å². The molecule has 0 spiro atoms. The van der Waals surface area contributed by atoms with E-state index in [4.69, 9.17) is 0 Å². The molecule has 0 aliphatic carbocycles. The normalized spacial score (nSPS) is 13.3. The van der Waals surface area contributed by atoms with Gasteiger partial charge in [0.2, 0.25) is 0 Å². The predicted molar refractivity (Wildman–Crippen MR) is 69.2 cm³/mol. The Bertz CT molecular complexity index is 515. The summed E-state index contributed by atoms with van der Waals surface area (Å²) < 4.78 is 22.2. The van der Waals surface area contributed by atoms with Crippen LogP contribution >= 0.6 is 15.9 Å². The van der Waals surface area contributed by atoms with Crippen LogP contribution in [0.15, 0.2) is 24.3 Å². The largest absolute Gasteiger partial charge is 0.272 e. The molecule has 7 heteroatoms. The van der Waals surface area contributed by atoms with E-state index in [0.29, 0.717) is 12.0 Å². The topological polar surface area (TPSA) is 77.3 Å². The maximum Gasteiger partial charge on any atom is 0.272 e. The van der Waals surface area contributed by atoms with E-state index in [-0.39, 0.29) is 16.3 Å². The molecule has 1 atom stereocenters. The molecule has 0 amide bonds. The summed E-state index contributed by atoms with van der Waals surface area (Å²) >= 11 is 3.23. The molecule has 1 aromatic carbocycles. The third-order valence-electron chi connectivity index (χ3n) is 2.11. The Morgan fingerprint density at radius 1 is 1.41 bits per heavy atom. The van der Waals surface area contributed by atoms with Crippen molar-refractivity contribution in [2.75, 3.05) is 12.0 Å². The standard InChI is InChI=1S/C10H12BrNO4S/c1-17(15,16)7-9(11)6-8-4-2-3-5-10(8)12(13)14/h2-5,9H,6-7H2,1H3. The van der Waals surface area contributed by atoms with Gasteiger partial charge in [0.25, 0.3) is 5.69 Å². The first kappa shape index (κ1) is 14.1. The number of alkyl halides is 1. The van der Waals surface area contributed by atoms with Crippen LogP contribution < -0.4 is 0 Å². The maximum absolute atomic E-state index is 11.1. The quantitative estimate of drug-likeness (QED) is 0.471. The lowest BCUT2D eigenvalue weighted by Gasteiger charge is -2.08. The van der Waals surface area contributed by atoms with E-state index in [1.807, 2.05) is 0 Å². The van der Waals surface area contributed by atoms with E-state index in [1.165, 1.54) is 6.07 Å². The minimum atomic E-state index is -3.09. The van der Waals surface area contributed by atoms with Gasteiger partial charge >= 0.3 is 0 Å². The van der Waals surface area contributed by atoms with Crippen LogP contribution in [-0.2, 0) is 16.3 Å². The molecule has 0 aliphatic heterocycles. The second-order valence-electron chi connectivity index (χ2n) is 3.78. The SMILES string of the molecule is CS(=O)(=O)CC(Br)Cc1ccccc1[N+](=O)[O-]. The number of nitro groups is 1. The van der Waals surface area contributed by atoms with Crippen molar-refractivity contribution < 1.29 is 13.3 Å². The third kappa shape index (κ3) is 4.82.